The molecule has 4 rings (SSSR count). The summed E-state index contributed by atoms with van der Waals surface area (Å²) in [7, 11) is 1.25. The predicted molar refractivity (Wildman–Crippen MR) is 129 cm³/mol. The number of rotatable bonds is 9. The molecule has 188 valence electrons. The Morgan fingerprint density at radius 3 is 2.78 bits per heavy atom. The summed E-state index contributed by atoms with van der Waals surface area (Å²) in [5, 5.41) is 24.7. The van der Waals surface area contributed by atoms with Crippen LogP contribution in [0.15, 0.2) is 53.1 Å². The van der Waals surface area contributed by atoms with E-state index >= 15 is 0 Å². The topological polar surface area (TPSA) is 184 Å². The van der Waals surface area contributed by atoms with Crippen molar-refractivity contribution < 1.29 is 34.0 Å². The van der Waals surface area contributed by atoms with Gasteiger partial charge in [0.2, 0.25) is 11.5 Å². The zero-order valence-electron chi connectivity index (χ0n) is 18.9. The second-order valence-electron chi connectivity index (χ2n) is 7.58. The SMILES string of the molecule is CO/N=C(\C(=O)NC1C(=O)N2C(C(=O)O)=C(/C=C/C[n+]3ccc(CO)cc3)CS[C@H]12)c1nsc(N)n1. The Hall–Kier alpha value is -3.82. The van der Waals surface area contributed by atoms with Crippen molar-refractivity contribution in [1.29, 1.82) is 0 Å². The molecule has 4 heterocycles. The highest BCUT2D eigenvalue weighted by Gasteiger charge is 2.54. The number of aromatic nitrogens is 3. The van der Waals surface area contributed by atoms with E-state index in [9.17, 15) is 19.5 Å². The molecule has 1 saturated heterocycles. The molecular formula is C21H22N7O6S2+. The lowest BCUT2D eigenvalue weighted by molar-refractivity contribution is -0.687. The van der Waals surface area contributed by atoms with Gasteiger partial charge in [-0.25, -0.2) is 9.36 Å². The zero-order valence-corrected chi connectivity index (χ0v) is 20.5. The van der Waals surface area contributed by atoms with Crippen molar-refractivity contribution >= 4 is 51.9 Å². The van der Waals surface area contributed by atoms with Crippen LogP contribution in [0.4, 0.5) is 5.13 Å². The van der Waals surface area contributed by atoms with Crippen LogP contribution < -0.4 is 15.6 Å². The van der Waals surface area contributed by atoms with Crippen LogP contribution in [-0.4, -0.2) is 72.2 Å². The van der Waals surface area contributed by atoms with Crippen LogP contribution >= 0.6 is 23.3 Å². The zero-order chi connectivity index (χ0) is 25.8. The molecule has 0 saturated carbocycles. The molecule has 13 nitrogen and oxygen atoms in total. The van der Waals surface area contributed by atoms with Gasteiger partial charge in [0.15, 0.2) is 24.1 Å². The van der Waals surface area contributed by atoms with E-state index in [0.717, 1.165) is 17.1 Å². The van der Waals surface area contributed by atoms with E-state index in [0.29, 0.717) is 17.9 Å². The molecule has 2 aliphatic heterocycles. The van der Waals surface area contributed by atoms with E-state index in [-0.39, 0.29) is 29.0 Å². The van der Waals surface area contributed by atoms with Gasteiger partial charge in [0.25, 0.3) is 11.8 Å². The van der Waals surface area contributed by atoms with Crippen molar-refractivity contribution in [2.45, 2.75) is 24.6 Å². The highest BCUT2D eigenvalue weighted by Crippen LogP contribution is 2.40. The molecule has 15 heteroatoms. The second-order valence-corrected chi connectivity index (χ2v) is 9.47. The van der Waals surface area contributed by atoms with Crippen molar-refractivity contribution in [1.82, 2.24) is 19.6 Å². The number of nitrogens with one attached hydrogen (secondary N) is 1. The molecule has 0 bridgehead atoms. The first-order valence-electron chi connectivity index (χ1n) is 10.5. The number of allylic oxidation sites excluding steroid dienone is 2. The summed E-state index contributed by atoms with van der Waals surface area (Å²) in [4.78, 5) is 47.5. The number of amides is 2. The standard InChI is InChI=1S/C21H21N7O6S2/c1-34-25-13(16-24-21(22)36-26-16)17(30)23-14-18(31)28-15(20(32)33)12(10-35-19(14)28)3-2-6-27-7-4-11(9-29)5-8-27/h2-5,7-8,14,19,29H,6,9-10H2,1H3,(H3-,22,23,24,26,30,32,33)/p+1/b3-2+,25-13-/t14?,19-/m1/s1. The highest BCUT2D eigenvalue weighted by molar-refractivity contribution is 8.00. The molecule has 2 amide bonds. The first-order valence-corrected chi connectivity index (χ1v) is 12.3. The summed E-state index contributed by atoms with van der Waals surface area (Å²) < 4.78 is 5.80. The summed E-state index contributed by atoms with van der Waals surface area (Å²) in [5.74, 6) is -2.25. The van der Waals surface area contributed by atoms with Crippen LogP contribution in [0.2, 0.25) is 0 Å². The van der Waals surface area contributed by atoms with Gasteiger partial charge in [-0.15, -0.1) is 11.8 Å². The Bertz CT molecular complexity index is 1270. The number of fused-ring (bicyclic) bond motifs is 1. The summed E-state index contributed by atoms with van der Waals surface area (Å²) in [5.41, 5.74) is 6.47. The molecule has 36 heavy (non-hydrogen) atoms. The van der Waals surface area contributed by atoms with E-state index in [4.69, 9.17) is 15.7 Å². The fourth-order valence-electron chi connectivity index (χ4n) is 3.62. The van der Waals surface area contributed by atoms with E-state index < -0.39 is 29.2 Å². The molecule has 2 aromatic rings. The highest BCUT2D eigenvalue weighted by atomic mass is 32.2. The minimum absolute atomic E-state index is 0.0424. The quantitative estimate of drug-likeness (QED) is 0.139. The summed E-state index contributed by atoms with van der Waals surface area (Å²) in [6, 6.07) is 2.61. The van der Waals surface area contributed by atoms with Gasteiger partial charge in [-0.1, -0.05) is 11.2 Å². The molecule has 2 aliphatic rings. The first kappa shape index (κ1) is 25.3. The van der Waals surface area contributed by atoms with Crippen LogP contribution in [0.5, 0.6) is 0 Å². The molecule has 1 unspecified atom stereocenters. The third kappa shape index (κ3) is 5.07. The number of carbonyl (C=O) groups is 3. The molecule has 0 aromatic carbocycles. The van der Waals surface area contributed by atoms with Crippen molar-refractivity contribution in [2.24, 2.45) is 5.16 Å². The average molecular weight is 533 g/mol. The number of anilines is 1. The van der Waals surface area contributed by atoms with Gasteiger partial charge in [-0.2, -0.15) is 9.36 Å². The van der Waals surface area contributed by atoms with Gasteiger partial charge < -0.3 is 26.1 Å². The largest absolute Gasteiger partial charge is 0.477 e. The lowest BCUT2D eigenvalue weighted by Crippen LogP contribution is -2.71. The van der Waals surface area contributed by atoms with Crippen molar-refractivity contribution in [3.8, 4) is 0 Å². The lowest BCUT2D eigenvalue weighted by atomic mass is 10.0. The van der Waals surface area contributed by atoms with E-state index in [2.05, 4.69) is 19.8 Å². The number of aliphatic hydroxyl groups is 1. The van der Waals surface area contributed by atoms with Gasteiger partial charge in [-0.3, -0.25) is 14.5 Å². The maximum Gasteiger partial charge on any atom is 0.352 e. The molecule has 0 spiro atoms. The maximum absolute atomic E-state index is 12.9. The number of hydrogen-bond acceptors (Lipinski definition) is 11. The first-order chi connectivity index (χ1) is 17.3. The number of hydrogen-bond donors (Lipinski definition) is 4. The smallest absolute Gasteiger partial charge is 0.352 e. The summed E-state index contributed by atoms with van der Waals surface area (Å²) in [6.45, 7) is 0.422. The fraction of sp³-hybridized carbons (Fsp3) is 0.286. The van der Waals surface area contributed by atoms with Gasteiger partial charge in [-0.05, 0) is 17.2 Å². The molecular weight excluding hydrogens is 510 g/mol. The monoisotopic (exact) mass is 532 g/mol. The molecule has 5 N–H and O–H groups in total. The Kier molecular flexibility index (Phi) is 7.61. The summed E-state index contributed by atoms with van der Waals surface area (Å²) >= 11 is 2.21. The molecule has 2 aromatic heterocycles. The van der Waals surface area contributed by atoms with E-state index in [1.54, 1.807) is 36.7 Å². The van der Waals surface area contributed by atoms with Gasteiger partial charge in [0.1, 0.15) is 24.2 Å². The molecule has 0 radical (unpaired) electrons. The summed E-state index contributed by atoms with van der Waals surface area (Å²) in [6.07, 6.45) is 7.08. The molecule has 0 aliphatic carbocycles. The number of β-lactam (4-membered cyclic amide) rings is 1. The lowest BCUT2D eigenvalue weighted by Gasteiger charge is -2.49. The van der Waals surface area contributed by atoms with Crippen LogP contribution in [0.25, 0.3) is 0 Å². The van der Waals surface area contributed by atoms with Gasteiger partial charge in [0.05, 0.1) is 6.61 Å². The Labute approximate surface area is 213 Å². The number of oxime groups is 1. The number of carboxylic acids is 1. The fourth-order valence-corrected chi connectivity index (χ4v) is 5.37. The number of carbonyl (C=O) groups excluding carboxylic acids is 2. The number of aliphatic hydroxyl groups excluding tert-OH is 1. The number of pyridine rings is 1. The van der Waals surface area contributed by atoms with Crippen LogP contribution in [0, 0.1) is 0 Å². The van der Waals surface area contributed by atoms with Crippen molar-refractivity contribution in [3.05, 3.63) is 59.3 Å². The van der Waals surface area contributed by atoms with E-state index in [1.807, 2.05) is 4.57 Å². The number of nitrogen functional groups attached to an aromatic ring is 1. The second kappa shape index (κ2) is 10.8. The maximum atomic E-state index is 12.9. The van der Waals surface area contributed by atoms with Crippen LogP contribution in [-0.2, 0) is 32.4 Å². The third-order valence-corrected chi connectivity index (χ3v) is 7.16. The minimum atomic E-state index is -1.23. The minimum Gasteiger partial charge on any atom is -0.477 e. The van der Waals surface area contributed by atoms with Gasteiger partial charge in [0, 0.05) is 29.4 Å². The number of nitrogens with two attached hydrogens (primary N) is 1. The van der Waals surface area contributed by atoms with Gasteiger partial charge >= 0.3 is 5.97 Å². The normalized spacial score (nSPS) is 19.8. The van der Waals surface area contributed by atoms with E-state index in [1.165, 1.54) is 23.8 Å². The van der Waals surface area contributed by atoms with Crippen molar-refractivity contribution in [2.75, 3.05) is 18.6 Å². The Morgan fingerprint density at radius 2 is 2.17 bits per heavy atom. The number of nitrogens with zero attached hydrogens (tertiary/aromatic N) is 5. The number of aliphatic carboxylic acids is 1. The third-order valence-electron chi connectivity index (χ3n) is 5.32. The molecule has 2 atom stereocenters. The predicted octanol–water partition coefficient (Wildman–Crippen LogP) is -0.754. The average Bonchev–Trinajstić information content (AvgIpc) is 3.31. The Morgan fingerprint density at radius 1 is 1.42 bits per heavy atom. The van der Waals surface area contributed by atoms with Crippen LogP contribution in [0.3, 0.4) is 0 Å². The Balaban J connectivity index is 1.47. The molecule has 1 fully saturated rings. The van der Waals surface area contributed by atoms with Crippen LogP contribution in [0.1, 0.15) is 11.4 Å². The number of carboxylic acid groups (broad SMARTS) is 1. The number of thioether (sulfide) groups is 1. The van der Waals surface area contributed by atoms with Crippen molar-refractivity contribution in [3.63, 3.8) is 0 Å².